The van der Waals surface area contributed by atoms with Crippen molar-refractivity contribution in [2.24, 2.45) is 10.9 Å². The summed E-state index contributed by atoms with van der Waals surface area (Å²) in [6, 6.07) is 0. The smallest absolute Gasteiger partial charge is 0.192 e. The SMILES string of the molecule is C#CCNC(=NCCCOCC1CC1)NCC. The van der Waals surface area contributed by atoms with Crippen molar-refractivity contribution in [2.75, 3.05) is 32.8 Å². The first kappa shape index (κ1) is 13.9. The second-order valence-electron chi connectivity index (χ2n) is 4.19. The van der Waals surface area contributed by atoms with Crippen molar-refractivity contribution in [3.8, 4) is 12.3 Å². The minimum absolute atomic E-state index is 0.504. The number of nitrogens with one attached hydrogen (secondary N) is 2. The summed E-state index contributed by atoms with van der Waals surface area (Å²) in [5, 5.41) is 6.19. The Morgan fingerprint density at radius 3 is 2.94 bits per heavy atom. The van der Waals surface area contributed by atoms with Gasteiger partial charge >= 0.3 is 0 Å². The number of hydrogen-bond donors (Lipinski definition) is 2. The molecule has 0 aromatic carbocycles. The zero-order chi connectivity index (χ0) is 12.3. The molecule has 0 radical (unpaired) electrons. The summed E-state index contributed by atoms with van der Waals surface area (Å²) in [5.74, 6) is 4.16. The lowest BCUT2D eigenvalue weighted by Crippen LogP contribution is -2.37. The lowest BCUT2D eigenvalue weighted by molar-refractivity contribution is 0.123. The Bertz CT molecular complexity index is 266. The molecule has 0 amide bonds. The summed E-state index contributed by atoms with van der Waals surface area (Å²) in [6.45, 7) is 5.88. The number of rotatable bonds is 8. The highest BCUT2D eigenvalue weighted by molar-refractivity contribution is 5.79. The van der Waals surface area contributed by atoms with Crippen molar-refractivity contribution < 1.29 is 4.74 Å². The van der Waals surface area contributed by atoms with Gasteiger partial charge in [0, 0.05) is 26.3 Å². The molecule has 4 nitrogen and oxygen atoms in total. The molecular formula is C13H23N3O. The van der Waals surface area contributed by atoms with Crippen molar-refractivity contribution in [1.29, 1.82) is 0 Å². The van der Waals surface area contributed by atoms with Gasteiger partial charge in [-0.25, -0.2) is 0 Å². The zero-order valence-electron chi connectivity index (χ0n) is 10.7. The number of nitrogens with zero attached hydrogens (tertiary/aromatic N) is 1. The second kappa shape index (κ2) is 8.89. The Kier molecular flexibility index (Phi) is 7.24. The lowest BCUT2D eigenvalue weighted by atomic mass is 10.4. The molecule has 0 aromatic rings. The van der Waals surface area contributed by atoms with E-state index in [1.807, 2.05) is 6.92 Å². The van der Waals surface area contributed by atoms with Crippen LogP contribution in [0.2, 0.25) is 0 Å². The van der Waals surface area contributed by atoms with Crippen LogP contribution in [0.5, 0.6) is 0 Å². The van der Waals surface area contributed by atoms with E-state index in [4.69, 9.17) is 11.2 Å². The van der Waals surface area contributed by atoms with Crippen LogP contribution in [0.1, 0.15) is 26.2 Å². The predicted octanol–water partition coefficient (Wildman–Crippen LogP) is 0.991. The van der Waals surface area contributed by atoms with Gasteiger partial charge in [-0.15, -0.1) is 6.42 Å². The van der Waals surface area contributed by atoms with Gasteiger partial charge in [0.25, 0.3) is 0 Å². The van der Waals surface area contributed by atoms with Crippen LogP contribution in [-0.4, -0.2) is 38.8 Å². The minimum atomic E-state index is 0.504. The topological polar surface area (TPSA) is 45.7 Å². The standard InChI is InChI=1S/C13H23N3O/c1-3-8-15-13(14-4-2)16-9-5-10-17-11-12-6-7-12/h1,12H,4-11H2,2H3,(H2,14,15,16). The van der Waals surface area contributed by atoms with Gasteiger partial charge in [0.15, 0.2) is 5.96 Å². The number of aliphatic imine (C=N–C) groups is 1. The summed E-state index contributed by atoms with van der Waals surface area (Å²) < 4.78 is 5.54. The van der Waals surface area contributed by atoms with Gasteiger partial charge in [-0.2, -0.15) is 0 Å². The Hall–Kier alpha value is -1.21. The Morgan fingerprint density at radius 1 is 1.47 bits per heavy atom. The molecular weight excluding hydrogens is 214 g/mol. The van der Waals surface area contributed by atoms with Crippen molar-refractivity contribution in [3.63, 3.8) is 0 Å². The van der Waals surface area contributed by atoms with Crippen molar-refractivity contribution in [1.82, 2.24) is 10.6 Å². The van der Waals surface area contributed by atoms with E-state index in [1.165, 1.54) is 12.8 Å². The van der Waals surface area contributed by atoms with E-state index in [9.17, 15) is 0 Å². The molecule has 1 aliphatic carbocycles. The maximum absolute atomic E-state index is 5.54. The molecule has 1 rings (SSSR count). The summed E-state index contributed by atoms with van der Waals surface area (Å²) in [7, 11) is 0. The highest BCUT2D eigenvalue weighted by Gasteiger charge is 2.20. The van der Waals surface area contributed by atoms with Gasteiger partial charge in [0.05, 0.1) is 6.54 Å². The minimum Gasteiger partial charge on any atom is -0.381 e. The van der Waals surface area contributed by atoms with Crippen LogP contribution in [0.15, 0.2) is 4.99 Å². The molecule has 0 unspecified atom stereocenters. The van der Waals surface area contributed by atoms with Crippen molar-refractivity contribution in [2.45, 2.75) is 26.2 Å². The molecule has 0 aliphatic heterocycles. The largest absolute Gasteiger partial charge is 0.381 e. The Morgan fingerprint density at radius 2 is 2.29 bits per heavy atom. The number of terminal acetylenes is 1. The summed E-state index contributed by atoms with van der Waals surface area (Å²) in [5.41, 5.74) is 0. The molecule has 0 aromatic heterocycles. The number of ether oxygens (including phenoxy) is 1. The molecule has 0 atom stereocenters. The van der Waals surface area contributed by atoms with Gasteiger partial charge in [0.2, 0.25) is 0 Å². The van der Waals surface area contributed by atoms with Crippen LogP contribution in [0, 0.1) is 18.3 Å². The maximum Gasteiger partial charge on any atom is 0.192 e. The summed E-state index contributed by atoms with van der Waals surface area (Å²) >= 11 is 0. The first-order chi connectivity index (χ1) is 8.36. The molecule has 0 bridgehead atoms. The molecule has 1 aliphatic rings. The molecule has 1 fully saturated rings. The normalized spacial score (nSPS) is 15.4. The third-order valence-electron chi connectivity index (χ3n) is 2.47. The Labute approximate surface area is 104 Å². The first-order valence-electron chi connectivity index (χ1n) is 6.40. The maximum atomic E-state index is 5.54. The molecule has 0 heterocycles. The van der Waals surface area contributed by atoms with Gasteiger partial charge in [-0.05, 0) is 32.1 Å². The fraction of sp³-hybridized carbons (Fsp3) is 0.769. The van der Waals surface area contributed by atoms with Gasteiger partial charge < -0.3 is 15.4 Å². The molecule has 17 heavy (non-hydrogen) atoms. The van der Waals surface area contributed by atoms with Gasteiger partial charge in [-0.1, -0.05) is 5.92 Å². The van der Waals surface area contributed by atoms with E-state index in [0.717, 1.165) is 44.6 Å². The zero-order valence-corrected chi connectivity index (χ0v) is 10.7. The molecule has 0 spiro atoms. The molecule has 0 saturated heterocycles. The van der Waals surface area contributed by atoms with Gasteiger partial charge in [-0.3, -0.25) is 4.99 Å². The third-order valence-corrected chi connectivity index (χ3v) is 2.47. The highest BCUT2D eigenvalue weighted by Crippen LogP contribution is 2.28. The highest BCUT2D eigenvalue weighted by atomic mass is 16.5. The summed E-state index contributed by atoms with van der Waals surface area (Å²) in [4.78, 5) is 4.40. The van der Waals surface area contributed by atoms with Crippen LogP contribution >= 0.6 is 0 Å². The first-order valence-corrected chi connectivity index (χ1v) is 6.40. The van der Waals surface area contributed by atoms with E-state index in [0.29, 0.717) is 6.54 Å². The van der Waals surface area contributed by atoms with Crippen LogP contribution < -0.4 is 10.6 Å². The summed E-state index contributed by atoms with van der Waals surface area (Å²) in [6.07, 6.45) is 8.84. The quantitative estimate of drug-likeness (QED) is 0.286. The molecule has 1 saturated carbocycles. The average molecular weight is 237 g/mol. The Balaban J connectivity index is 2.02. The van der Waals surface area contributed by atoms with Crippen LogP contribution in [-0.2, 0) is 4.74 Å². The molecule has 96 valence electrons. The van der Waals surface area contributed by atoms with E-state index in [2.05, 4.69) is 21.5 Å². The fourth-order valence-electron chi connectivity index (χ4n) is 1.37. The predicted molar refractivity (Wildman–Crippen MR) is 71.0 cm³/mol. The van der Waals surface area contributed by atoms with E-state index >= 15 is 0 Å². The fourth-order valence-corrected chi connectivity index (χ4v) is 1.37. The van der Waals surface area contributed by atoms with Crippen molar-refractivity contribution >= 4 is 5.96 Å². The van der Waals surface area contributed by atoms with E-state index in [1.54, 1.807) is 0 Å². The lowest BCUT2D eigenvalue weighted by Gasteiger charge is -2.08. The second-order valence-corrected chi connectivity index (χ2v) is 4.19. The van der Waals surface area contributed by atoms with Crippen molar-refractivity contribution in [3.05, 3.63) is 0 Å². The van der Waals surface area contributed by atoms with E-state index in [-0.39, 0.29) is 0 Å². The number of hydrogen-bond acceptors (Lipinski definition) is 2. The van der Waals surface area contributed by atoms with Crippen LogP contribution in [0.3, 0.4) is 0 Å². The molecule has 4 heteroatoms. The number of guanidine groups is 1. The van der Waals surface area contributed by atoms with E-state index < -0.39 is 0 Å². The monoisotopic (exact) mass is 237 g/mol. The van der Waals surface area contributed by atoms with Crippen LogP contribution in [0.4, 0.5) is 0 Å². The third kappa shape index (κ3) is 7.64. The van der Waals surface area contributed by atoms with Crippen LogP contribution in [0.25, 0.3) is 0 Å². The van der Waals surface area contributed by atoms with Gasteiger partial charge in [0.1, 0.15) is 0 Å². The molecule has 2 N–H and O–H groups in total. The average Bonchev–Trinajstić information content (AvgIpc) is 3.14.